The summed E-state index contributed by atoms with van der Waals surface area (Å²) in [5.74, 6) is 0. The second-order valence-electron chi connectivity index (χ2n) is 4.33. The molecule has 0 aliphatic carbocycles. The van der Waals surface area contributed by atoms with E-state index < -0.39 is 0 Å². The highest BCUT2D eigenvalue weighted by molar-refractivity contribution is 7.22. The van der Waals surface area contributed by atoms with Crippen LogP contribution in [0.4, 0.5) is 5.69 Å². The summed E-state index contributed by atoms with van der Waals surface area (Å²) in [7, 11) is 0. The average Bonchev–Trinajstić information content (AvgIpc) is 3.03. The maximum Gasteiger partial charge on any atom is 0.129 e. The number of thiophene rings is 2. The Morgan fingerprint density at radius 3 is 2.55 bits per heavy atom. The summed E-state index contributed by atoms with van der Waals surface area (Å²) in [4.78, 5) is 6.85. The van der Waals surface area contributed by atoms with E-state index in [1.165, 1.54) is 21.8 Å². The van der Waals surface area contributed by atoms with E-state index in [4.69, 9.17) is 5.73 Å². The van der Waals surface area contributed by atoms with E-state index in [1.54, 1.807) is 23.7 Å². The molecule has 98 valence electrons. The zero-order valence-electron chi connectivity index (χ0n) is 10.8. The van der Waals surface area contributed by atoms with Gasteiger partial charge in [0, 0.05) is 22.8 Å². The van der Waals surface area contributed by atoms with Crippen LogP contribution in [0, 0.1) is 18.3 Å². The van der Waals surface area contributed by atoms with Crippen molar-refractivity contribution in [1.29, 1.82) is 5.26 Å². The molecule has 0 spiro atoms. The van der Waals surface area contributed by atoms with Gasteiger partial charge in [-0.2, -0.15) is 5.26 Å². The number of pyridine rings is 1. The highest BCUT2D eigenvalue weighted by Gasteiger charge is 2.20. The molecule has 0 atom stereocenters. The maximum atomic E-state index is 9.24. The van der Waals surface area contributed by atoms with Crippen LogP contribution in [0.1, 0.15) is 10.4 Å². The van der Waals surface area contributed by atoms with Crippen molar-refractivity contribution in [3.05, 3.63) is 46.4 Å². The van der Waals surface area contributed by atoms with E-state index in [-0.39, 0.29) is 0 Å². The van der Waals surface area contributed by atoms with Crippen LogP contribution < -0.4 is 5.73 Å². The third-order valence-corrected chi connectivity index (χ3v) is 5.37. The van der Waals surface area contributed by atoms with Crippen molar-refractivity contribution in [3.8, 4) is 27.0 Å². The standard InChI is InChI=1S/C15H11N3S2/c1-9-4-7-19-14(9)15-12(10-2-5-18-6-3-10)13(17)11(8-16)20-15/h2-7H,17H2,1H3. The van der Waals surface area contributed by atoms with Crippen LogP contribution in [-0.4, -0.2) is 4.98 Å². The number of nitrogens with two attached hydrogens (primary N) is 1. The first-order valence-corrected chi connectivity index (χ1v) is 7.69. The van der Waals surface area contributed by atoms with Gasteiger partial charge in [-0.05, 0) is 41.6 Å². The lowest BCUT2D eigenvalue weighted by molar-refractivity contribution is 1.33. The van der Waals surface area contributed by atoms with Crippen LogP contribution in [-0.2, 0) is 0 Å². The van der Waals surface area contributed by atoms with E-state index in [0.29, 0.717) is 10.6 Å². The molecule has 3 nitrogen and oxygen atoms in total. The normalized spacial score (nSPS) is 10.4. The molecule has 0 bridgehead atoms. The number of nitriles is 1. The molecule has 0 radical (unpaired) electrons. The van der Waals surface area contributed by atoms with Crippen molar-refractivity contribution in [3.63, 3.8) is 0 Å². The van der Waals surface area contributed by atoms with E-state index >= 15 is 0 Å². The molecular weight excluding hydrogens is 286 g/mol. The second kappa shape index (κ2) is 5.08. The third kappa shape index (κ3) is 1.99. The molecule has 5 heteroatoms. The van der Waals surface area contributed by atoms with Crippen LogP contribution in [0.5, 0.6) is 0 Å². The van der Waals surface area contributed by atoms with Crippen LogP contribution in [0.3, 0.4) is 0 Å². The minimum absolute atomic E-state index is 0.562. The number of anilines is 1. The van der Waals surface area contributed by atoms with Gasteiger partial charge in [-0.15, -0.1) is 22.7 Å². The van der Waals surface area contributed by atoms with Gasteiger partial charge < -0.3 is 5.73 Å². The molecule has 3 aromatic heterocycles. The smallest absolute Gasteiger partial charge is 0.129 e. The SMILES string of the molecule is Cc1ccsc1-c1sc(C#N)c(N)c1-c1ccncc1. The van der Waals surface area contributed by atoms with E-state index in [2.05, 4.69) is 29.4 Å². The number of hydrogen-bond donors (Lipinski definition) is 1. The zero-order valence-corrected chi connectivity index (χ0v) is 12.4. The summed E-state index contributed by atoms with van der Waals surface area (Å²) < 4.78 is 0. The monoisotopic (exact) mass is 297 g/mol. The number of aryl methyl sites for hydroxylation is 1. The molecule has 0 aliphatic rings. The Labute approximate surface area is 125 Å². The summed E-state index contributed by atoms with van der Waals surface area (Å²) in [6.45, 7) is 2.07. The van der Waals surface area contributed by atoms with Gasteiger partial charge in [0.15, 0.2) is 0 Å². The summed E-state index contributed by atoms with van der Waals surface area (Å²) in [5, 5.41) is 11.3. The highest BCUT2D eigenvalue weighted by atomic mass is 32.1. The Kier molecular flexibility index (Phi) is 3.26. The minimum Gasteiger partial charge on any atom is -0.396 e. The van der Waals surface area contributed by atoms with Gasteiger partial charge >= 0.3 is 0 Å². The molecule has 3 rings (SSSR count). The van der Waals surface area contributed by atoms with E-state index in [0.717, 1.165) is 16.0 Å². The summed E-state index contributed by atoms with van der Waals surface area (Å²) in [6.07, 6.45) is 3.48. The molecule has 0 unspecified atom stereocenters. The lowest BCUT2D eigenvalue weighted by atomic mass is 10.0. The van der Waals surface area contributed by atoms with Crippen molar-refractivity contribution in [2.45, 2.75) is 6.92 Å². The van der Waals surface area contributed by atoms with Crippen molar-refractivity contribution >= 4 is 28.4 Å². The first-order valence-electron chi connectivity index (χ1n) is 5.99. The molecule has 0 saturated heterocycles. The Bertz CT molecular complexity index is 794. The molecule has 0 saturated carbocycles. The molecule has 0 amide bonds. The zero-order chi connectivity index (χ0) is 14.1. The molecule has 2 N–H and O–H groups in total. The van der Waals surface area contributed by atoms with Gasteiger partial charge in [-0.1, -0.05) is 0 Å². The minimum atomic E-state index is 0.562. The molecule has 20 heavy (non-hydrogen) atoms. The molecule has 3 aromatic rings. The Hall–Kier alpha value is -2.16. The van der Waals surface area contributed by atoms with E-state index in [9.17, 15) is 5.26 Å². The Balaban J connectivity index is 2.31. The van der Waals surface area contributed by atoms with Crippen molar-refractivity contribution in [1.82, 2.24) is 4.98 Å². The number of rotatable bonds is 2. The van der Waals surface area contributed by atoms with Gasteiger partial charge in [0.1, 0.15) is 10.9 Å². The van der Waals surface area contributed by atoms with Crippen molar-refractivity contribution < 1.29 is 0 Å². The fourth-order valence-electron chi connectivity index (χ4n) is 2.10. The van der Waals surface area contributed by atoms with Crippen LogP contribution >= 0.6 is 22.7 Å². The quantitative estimate of drug-likeness (QED) is 0.767. The van der Waals surface area contributed by atoms with Crippen LogP contribution in [0.15, 0.2) is 36.0 Å². The van der Waals surface area contributed by atoms with Gasteiger partial charge in [0.05, 0.1) is 10.6 Å². The number of nitrogen functional groups attached to an aromatic ring is 1. The predicted molar refractivity (Wildman–Crippen MR) is 84.7 cm³/mol. The lowest BCUT2D eigenvalue weighted by Gasteiger charge is -2.05. The fourth-order valence-corrected chi connectivity index (χ4v) is 4.28. The van der Waals surface area contributed by atoms with Gasteiger partial charge in [-0.25, -0.2) is 0 Å². The van der Waals surface area contributed by atoms with Gasteiger partial charge in [-0.3, -0.25) is 4.98 Å². The van der Waals surface area contributed by atoms with Gasteiger partial charge in [0.25, 0.3) is 0 Å². The second-order valence-corrected chi connectivity index (χ2v) is 6.27. The fraction of sp³-hybridized carbons (Fsp3) is 0.0667. The number of nitrogens with zero attached hydrogens (tertiary/aromatic N) is 2. The largest absolute Gasteiger partial charge is 0.396 e. The number of aromatic nitrogens is 1. The van der Waals surface area contributed by atoms with Crippen molar-refractivity contribution in [2.24, 2.45) is 0 Å². The van der Waals surface area contributed by atoms with Gasteiger partial charge in [0.2, 0.25) is 0 Å². The third-order valence-electron chi connectivity index (χ3n) is 3.08. The summed E-state index contributed by atoms with van der Waals surface area (Å²) in [6, 6.07) is 8.12. The van der Waals surface area contributed by atoms with Crippen LogP contribution in [0.2, 0.25) is 0 Å². The molecule has 0 fully saturated rings. The average molecular weight is 297 g/mol. The lowest BCUT2D eigenvalue weighted by Crippen LogP contribution is -1.89. The van der Waals surface area contributed by atoms with E-state index in [1.807, 2.05) is 12.1 Å². The molecule has 3 heterocycles. The predicted octanol–water partition coefficient (Wildman–Crippen LogP) is 4.30. The first kappa shape index (κ1) is 12.9. The number of hydrogen-bond acceptors (Lipinski definition) is 5. The topological polar surface area (TPSA) is 62.7 Å². The highest BCUT2D eigenvalue weighted by Crippen LogP contribution is 2.47. The Morgan fingerprint density at radius 1 is 1.20 bits per heavy atom. The van der Waals surface area contributed by atoms with Crippen molar-refractivity contribution in [2.75, 3.05) is 5.73 Å². The molecule has 0 aliphatic heterocycles. The maximum absolute atomic E-state index is 9.24. The molecular formula is C15H11N3S2. The first-order chi connectivity index (χ1) is 9.72. The summed E-state index contributed by atoms with van der Waals surface area (Å²) >= 11 is 3.13. The Morgan fingerprint density at radius 2 is 1.95 bits per heavy atom. The molecule has 0 aromatic carbocycles. The van der Waals surface area contributed by atoms with Crippen LogP contribution in [0.25, 0.3) is 20.9 Å². The summed E-state index contributed by atoms with van der Waals surface area (Å²) in [5.41, 5.74) is 9.88.